The maximum Gasteiger partial charge on any atom is 0.123 e. The average molecular weight is 348 g/mol. The third-order valence-corrected chi connectivity index (χ3v) is 5.51. The molecule has 142 valence electrons. The zero-order valence-electron chi connectivity index (χ0n) is 17.1. The van der Waals surface area contributed by atoms with Crippen LogP contribution >= 0.6 is 0 Å². The largest absolute Gasteiger partial charge is 0.507 e. The van der Waals surface area contributed by atoms with E-state index in [2.05, 4.69) is 60.6 Å². The number of nitrogens with two attached hydrogens (primary N) is 1. The lowest BCUT2D eigenvalue weighted by Crippen LogP contribution is -2.36. The molecular weight excluding hydrogens is 310 g/mol. The van der Waals surface area contributed by atoms with Gasteiger partial charge >= 0.3 is 0 Å². The van der Waals surface area contributed by atoms with Gasteiger partial charge in [0, 0.05) is 6.04 Å². The highest BCUT2D eigenvalue weighted by Gasteiger charge is 2.31. The second-order valence-corrected chi connectivity index (χ2v) is 9.70. The van der Waals surface area contributed by atoms with Crippen molar-refractivity contribution in [3.05, 3.63) is 28.8 Å². The van der Waals surface area contributed by atoms with E-state index in [-0.39, 0.29) is 23.0 Å². The van der Waals surface area contributed by atoms with Crippen LogP contribution in [-0.4, -0.2) is 17.8 Å². The predicted molar refractivity (Wildman–Crippen MR) is 105 cm³/mol. The van der Waals surface area contributed by atoms with E-state index < -0.39 is 0 Å². The Bertz CT molecular complexity index is 552. The minimum Gasteiger partial charge on any atom is -0.507 e. The zero-order valence-corrected chi connectivity index (χ0v) is 17.1. The summed E-state index contributed by atoms with van der Waals surface area (Å²) in [5, 5.41) is 10.9. The number of aromatic hydroxyl groups is 1. The van der Waals surface area contributed by atoms with Gasteiger partial charge in [-0.1, -0.05) is 48.5 Å². The van der Waals surface area contributed by atoms with E-state index in [0.29, 0.717) is 11.7 Å². The van der Waals surface area contributed by atoms with Gasteiger partial charge in [0.05, 0.1) is 12.7 Å². The Morgan fingerprint density at radius 2 is 1.60 bits per heavy atom. The van der Waals surface area contributed by atoms with Gasteiger partial charge in [0.1, 0.15) is 5.75 Å². The standard InChI is InChI=1S/C22H37NO2/c1-8-18(23)14-9-10-19(25-13-14)15-11-16(21(2,3)4)20(24)17(12-15)22(5,6)7/h11-12,14,18-19,24H,8-10,13,23H2,1-7H3. The van der Waals surface area contributed by atoms with E-state index in [1.54, 1.807) is 0 Å². The van der Waals surface area contributed by atoms with Gasteiger partial charge in [0.15, 0.2) is 0 Å². The first-order valence-corrected chi connectivity index (χ1v) is 9.70. The lowest BCUT2D eigenvalue weighted by Gasteiger charge is -2.34. The smallest absolute Gasteiger partial charge is 0.123 e. The van der Waals surface area contributed by atoms with Crippen LogP contribution in [0.25, 0.3) is 0 Å². The molecule has 3 N–H and O–H groups in total. The number of hydrogen-bond donors (Lipinski definition) is 2. The van der Waals surface area contributed by atoms with E-state index in [1.807, 2.05) is 0 Å². The van der Waals surface area contributed by atoms with Crippen molar-refractivity contribution < 1.29 is 9.84 Å². The Hall–Kier alpha value is -1.06. The summed E-state index contributed by atoms with van der Waals surface area (Å²) in [6, 6.07) is 4.53. The van der Waals surface area contributed by atoms with E-state index >= 15 is 0 Å². The SMILES string of the molecule is CCC(N)C1CCC(c2cc(C(C)(C)C)c(O)c(C(C)(C)C)c2)OC1. The van der Waals surface area contributed by atoms with Crippen LogP contribution in [0.1, 0.15) is 90.5 Å². The quantitative estimate of drug-likeness (QED) is 0.791. The van der Waals surface area contributed by atoms with Gasteiger partial charge in [-0.2, -0.15) is 0 Å². The molecule has 1 heterocycles. The van der Waals surface area contributed by atoms with E-state index in [1.165, 1.54) is 5.56 Å². The topological polar surface area (TPSA) is 55.5 Å². The minimum atomic E-state index is -0.109. The molecule has 1 aromatic rings. The van der Waals surface area contributed by atoms with Crippen molar-refractivity contribution in [1.29, 1.82) is 0 Å². The summed E-state index contributed by atoms with van der Waals surface area (Å²) in [6.45, 7) is 15.8. The summed E-state index contributed by atoms with van der Waals surface area (Å²) < 4.78 is 6.21. The molecule has 0 saturated carbocycles. The normalized spacial score (nSPS) is 23.5. The van der Waals surface area contributed by atoms with Crippen molar-refractivity contribution in [2.45, 2.75) is 90.7 Å². The number of benzene rings is 1. The minimum absolute atomic E-state index is 0.100. The van der Waals surface area contributed by atoms with Gasteiger partial charge in [-0.3, -0.25) is 0 Å². The monoisotopic (exact) mass is 347 g/mol. The highest BCUT2D eigenvalue weighted by molar-refractivity contribution is 5.50. The molecule has 1 saturated heterocycles. The summed E-state index contributed by atoms with van der Waals surface area (Å²) in [5.41, 5.74) is 9.18. The van der Waals surface area contributed by atoms with Crippen LogP contribution in [0, 0.1) is 5.92 Å². The second-order valence-electron chi connectivity index (χ2n) is 9.70. The van der Waals surface area contributed by atoms with Crippen LogP contribution in [0.4, 0.5) is 0 Å². The Balaban J connectivity index is 2.36. The molecule has 1 aliphatic rings. The number of hydrogen-bond acceptors (Lipinski definition) is 3. The molecule has 3 unspecified atom stereocenters. The molecule has 3 heteroatoms. The fraction of sp³-hybridized carbons (Fsp3) is 0.727. The first-order valence-electron chi connectivity index (χ1n) is 9.70. The molecule has 25 heavy (non-hydrogen) atoms. The molecule has 0 bridgehead atoms. The van der Waals surface area contributed by atoms with Gasteiger partial charge in [-0.05, 0) is 64.8 Å². The molecule has 2 rings (SSSR count). The van der Waals surface area contributed by atoms with Gasteiger partial charge in [0.25, 0.3) is 0 Å². The lowest BCUT2D eigenvalue weighted by molar-refractivity contribution is -0.0242. The highest BCUT2D eigenvalue weighted by atomic mass is 16.5. The fourth-order valence-electron chi connectivity index (χ4n) is 3.69. The van der Waals surface area contributed by atoms with Crippen LogP contribution in [0.5, 0.6) is 5.75 Å². The van der Waals surface area contributed by atoms with Crippen LogP contribution in [0.15, 0.2) is 12.1 Å². The molecule has 0 amide bonds. The van der Waals surface area contributed by atoms with Crippen molar-refractivity contribution in [3.8, 4) is 5.75 Å². The van der Waals surface area contributed by atoms with Crippen molar-refractivity contribution in [2.24, 2.45) is 11.7 Å². The van der Waals surface area contributed by atoms with Crippen molar-refractivity contribution in [1.82, 2.24) is 0 Å². The fourth-order valence-corrected chi connectivity index (χ4v) is 3.69. The van der Waals surface area contributed by atoms with Crippen molar-refractivity contribution in [3.63, 3.8) is 0 Å². The summed E-state index contributed by atoms with van der Waals surface area (Å²) in [4.78, 5) is 0. The number of phenols is 1. The van der Waals surface area contributed by atoms with Gasteiger partial charge in [-0.15, -0.1) is 0 Å². The Kier molecular flexibility index (Phi) is 5.90. The third-order valence-electron chi connectivity index (χ3n) is 5.51. The van der Waals surface area contributed by atoms with Gasteiger partial charge < -0.3 is 15.6 Å². The maximum atomic E-state index is 10.9. The second kappa shape index (κ2) is 7.28. The Labute approximate surface area is 154 Å². The molecule has 0 aliphatic carbocycles. The molecule has 0 spiro atoms. The number of ether oxygens (including phenoxy) is 1. The first-order chi connectivity index (χ1) is 11.4. The maximum absolute atomic E-state index is 10.9. The highest BCUT2D eigenvalue weighted by Crippen LogP contribution is 2.43. The Morgan fingerprint density at radius 3 is 1.96 bits per heavy atom. The predicted octanol–water partition coefficient (Wildman–Crippen LogP) is 5.19. The van der Waals surface area contributed by atoms with Crippen molar-refractivity contribution >= 4 is 0 Å². The molecule has 3 atom stereocenters. The van der Waals surface area contributed by atoms with Crippen molar-refractivity contribution in [2.75, 3.05) is 6.61 Å². The van der Waals surface area contributed by atoms with Gasteiger partial charge in [-0.25, -0.2) is 0 Å². The van der Waals surface area contributed by atoms with E-state index in [0.717, 1.165) is 37.0 Å². The molecular formula is C22H37NO2. The van der Waals surface area contributed by atoms with E-state index in [9.17, 15) is 5.11 Å². The average Bonchev–Trinajstić information content (AvgIpc) is 2.52. The van der Waals surface area contributed by atoms with Crippen LogP contribution < -0.4 is 5.73 Å². The first kappa shape index (κ1) is 20.3. The van der Waals surface area contributed by atoms with Crippen LogP contribution in [0.2, 0.25) is 0 Å². The molecule has 1 aliphatic heterocycles. The molecule has 1 fully saturated rings. The lowest BCUT2D eigenvalue weighted by atomic mass is 9.77. The van der Waals surface area contributed by atoms with Gasteiger partial charge in [0.2, 0.25) is 0 Å². The number of rotatable bonds is 3. The molecule has 0 radical (unpaired) electrons. The molecule has 3 nitrogen and oxygen atoms in total. The van der Waals surface area contributed by atoms with E-state index in [4.69, 9.17) is 10.5 Å². The summed E-state index contributed by atoms with van der Waals surface area (Å²) >= 11 is 0. The molecule has 1 aromatic carbocycles. The molecule has 0 aromatic heterocycles. The summed E-state index contributed by atoms with van der Waals surface area (Å²) in [6.07, 6.45) is 3.20. The van der Waals surface area contributed by atoms with Crippen LogP contribution in [-0.2, 0) is 15.6 Å². The zero-order chi connectivity index (χ0) is 19.0. The van der Waals surface area contributed by atoms with Crippen LogP contribution in [0.3, 0.4) is 0 Å². The Morgan fingerprint density at radius 1 is 1.08 bits per heavy atom. The summed E-state index contributed by atoms with van der Waals surface area (Å²) in [7, 11) is 0. The summed E-state index contributed by atoms with van der Waals surface area (Å²) in [5.74, 6) is 0.896. The third kappa shape index (κ3) is 4.57. The number of phenolic OH excluding ortho intramolecular Hbond substituents is 1.